The van der Waals surface area contributed by atoms with E-state index in [9.17, 15) is 9.59 Å². The highest BCUT2D eigenvalue weighted by atomic mass is 16.4. The molecule has 0 heterocycles. The highest BCUT2D eigenvalue weighted by Crippen LogP contribution is 2.32. The Labute approximate surface area is 127 Å². The summed E-state index contributed by atoms with van der Waals surface area (Å²) in [5.74, 6) is -0.546. The largest absolute Gasteiger partial charge is 0.481 e. The van der Waals surface area contributed by atoms with Gasteiger partial charge < -0.3 is 20.4 Å². The molecule has 0 radical (unpaired) electrons. The Hall–Kier alpha value is -1.30. The van der Waals surface area contributed by atoms with E-state index in [2.05, 4.69) is 26.1 Å². The summed E-state index contributed by atoms with van der Waals surface area (Å²) < 4.78 is 0. The first kappa shape index (κ1) is 19.7. The first-order valence-corrected chi connectivity index (χ1v) is 7.57. The van der Waals surface area contributed by atoms with Crippen LogP contribution in [0.2, 0.25) is 0 Å². The Morgan fingerprint density at radius 1 is 1.24 bits per heavy atom. The maximum absolute atomic E-state index is 11.9. The number of amides is 2. The number of aliphatic hydroxyl groups excluding tert-OH is 1. The molecule has 3 N–H and O–H groups in total. The van der Waals surface area contributed by atoms with Crippen LogP contribution in [0.3, 0.4) is 0 Å². The second-order valence-electron chi connectivity index (χ2n) is 6.32. The monoisotopic (exact) mass is 302 g/mol. The van der Waals surface area contributed by atoms with Gasteiger partial charge in [-0.25, -0.2) is 4.79 Å². The van der Waals surface area contributed by atoms with Gasteiger partial charge in [0.2, 0.25) is 0 Å². The average molecular weight is 302 g/mol. The van der Waals surface area contributed by atoms with Gasteiger partial charge in [-0.1, -0.05) is 20.8 Å². The third kappa shape index (κ3) is 8.55. The summed E-state index contributed by atoms with van der Waals surface area (Å²) in [6.07, 6.45) is 1.52. The zero-order valence-electron chi connectivity index (χ0n) is 13.7. The molecule has 2 amide bonds. The summed E-state index contributed by atoms with van der Waals surface area (Å²) in [4.78, 5) is 24.1. The number of aliphatic hydroxyl groups is 1. The second-order valence-corrected chi connectivity index (χ2v) is 6.32. The minimum absolute atomic E-state index is 0.00964. The molecule has 0 bridgehead atoms. The van der Waals surface area contributed by atoms with Crippen LogP contribution in [0.25, 0.3) is 0 Å². The van der Waals surface area contributed by atoms with Gasteiger partial charge in [-0.3, -0.25) is 4.79 Å². The van der Waals surface area contributed by atoms with Crippen molar-refractivity contribution in [1.82, 2.24) is 10.2 Å². The van der Waals surface area contributed by atoms with Crippen molar-refractivity contribution in [3.63, 3.8) is 0 Å². The zero-order chi connectivity index (χ0) is 16.5. The lowest BCUT2D eigenvalue weighted by Crippen LogP contribution is -2.42. The minimum Gasteiger partial charge on any atom is -0.481 e. The van der Waals surface area contributed by atoms with Crippen molar-refractivity contribution in [3.8, 4) is 0 Å². The van der Waals surface area contributed by atoms with Crippen molar-refractivity contribution in [3.05, 3.63) is 0 Å². The van der Waals surface area contributed by atoms with Crippen LogP contribution in [0, 0.1) is 11.3 Å². The van der Waals surface area contributed by atoms with Gasteiger partial charge in [0.15, 0.2) is 0 Å². The average Bonchev–Trinajstić information content (AvgIpc) is 2.37. The summed E-state index contributed by atoms with van der Waals surface area (Å²) in [6.45, 7) is 9.47. The Morgan fingerprint density at radius 3 is 2.29 bits per heavy atom. The molecule has 6 nitrogen and oxygen atoms in total. The fourth-order valence-electron chi connectivity index (χ4n) is 2.30. The highest BCUT2D eigenvalue weighted by molar-refractivity contribution is 5.74. The minimum atomic E-state index is -0.784. The number of likely N-dealkylation sites (N-methyl/N-ethyl adjacent to an activating group) is 1. The number of hydrogen-bond acceptors (Lipinski definition) is 3. The van der Waals surface area contributed by atoms with E-state index in [1.807, 2.05) is 6.92 Å². The predicted molar refractivity (Wildman–Crippen MR) is 82.2 cm³/mol. The van der Waals surface area contributed by atoms with Crippen LogP contribution in [0.15, 0.2) is 0 Å². The predicted octanol–water partition coefficient (Wildman–Crippen LogP) is 1.93. The molecule has 0 saturated heterocycles. The van der Waals surface area contributed by atoms with E-state index in [1.165, 1.54) is 0 Å². The van der Waals surface area contributed by atoms with E-state index in [0.717, 1.165) is 6.42 Å². The molecule has 1 unspecified atom stereocenters. The number of urea groups is 1. The number of aliphatic carboxylic acids is 1. The third-order valence-electron chi connectivity index (χ3n) is 3.74. The third-order valence-corrected chi connectivity index (χ3v) is 3.74. The van der Waals surface area contributed by atoms with Gasteiger partial charge in [0.25, 0.3) is 0 Å². The molecule has 0 aromatic carbocycles. The molecule has 6 heteroatoms. The lowest BCUT2D eigenvalue weighted by atomic mass is 9.76. The summed E-state index contributed by atoms with van der Waals surface area (Å²) in [5, 5.41) is 20.5. The molecular weight excluding hydrogens is 272 g/mol. The van der Waals surface area contributed by atoms with Crippen LogP contribution in [0.5, 0.6) is 0 Å². The summed E-state index contributed by atoms with van der Waals surface area (Å²) in [6, 6.07) is -0.183. The number of nitrogens with zero attached hydrogens (tertiary/aromatic N) is 1. The van der Waals surface area contributed by atoms with Gasteiger partial charge in [-0.2, -0.15) is 0 Å². The summed E-state index contributed by atoms with van der Waals surface area (Å²) >= 11 is 0. The Kier molecular flexibility index (Phi) is 9.01. The smallest absolute Gasteiger partial charge is 0.317 e. The summed E-state index contributed by atoms with van der Waals surface area (Å²) in [7, 11) is 0. The van der Waals surface area contributed by atoms with Crippen LogP contribution in [-0.4, -0.2) is 53.4 Å². The Morgan fingerprint density at radius 2 is 1.86 bits per heavy atom. The first-order chi connectivity index (χ1) is 9.72. The highest BCUT2D eigenvalue weighted by Gasteiger charge is 2.25. The lowest BCUT2D eigenvalue weighted by Gasteiger charge is -2.31. The molecule has 0 spiro atoms. The molecule has 1 atom stereocenters. The molecule has 0 saturated carbocycles. The Bertz CT molecular complexity index is 326. The SMILES string of the molecule is CCN(CCO)C(=O)NCCC(CCC(=O)O)C(C)(C)C. The van der Waals surface area contributed by atoms with Crippen molar-refractivity contribution < 1.29 is 19.8 Å². The van der Waals surface area contributed by atoms with Crippen molar-refractivity contribution >= 4 is 12.0 Å². The Balaban J connectivity index is 4.30. The number of rotatable bonds is 9. The number of carbonyl (C=O) groups is 2. The number of carboxylic acid groups (broad SMARTS) is 1. The molecule has 0 fully saturated rings. The quantitative estimate of drug-likeness (QED) is 0.607. The van der Waals surface area contributed by atoms with Crippen molar-refractivity contribution in [2.75, 3.05) is 26.2 Å². The second kappa shape index (κ2) is 9.60. The molecule has 0 rings (SSSR count). The topological polar surface area (TPSA) is 89.9 Å². The van der Waals surface area contributed by atoms with E-state index in [4.69, 9.17) is 10.2 Å². The normalized spacial score (nSPS) is 12.8. The first-order valence-electron chi connectivity index (χ1n) is 7.57. The van der Waals surface area contributed by atoms with E-state index in [1.54, 1.807) is 4.90 Å². The lowest BCUT2D eigenvalue weighted by molar-refractivity contribution is -0.137. The molecule has 0 aromatic rings. The van der Waals surface area contributed by atoms with Crippen LogP contribution < -0.4 is 5.32 Å². The molecule has 21 heavy (non-hydrogen) atoms. The van der Waals surface area contributed by atoms with Gasteiger partial charge >= 0.3 is 12.0 Å². The van der Waals surface area contributed by atoms with Gasteiger partial charge in [0, 0.05) is 26.1 Å². The van der Waals surface area contributed by atoms with Crippen molar-refractivity contribution in [2.24, 2.45) is 11.3 Å². The molecular formula is C15H30N2O4. The fourth-order valence-corrected chi connectivity index (χ4v) is 2.30. The standard InChI is InChI=1S/C15H30N2O4/c1-5-17(10-11-18)14(21)16-9-8-12(15(2,3)4)6-7-13(19)20/h12,18H,5-11H2,1-4H3,(H,16,21)(H,19,20). The number of carbonyl (C=O) groups excluding carboxylic acids is 1. The maximum Gasteiger partial charge on any atom is 0.317 e. The molecule has 0 aliphatic heterocycles. The van der Waals surface area contributed by atoms with Crippen molar-refractivity contribution in [2.45, 2.75) is 47.0 Å². The van der Waals surface area contributed by atoms with Crippen molar-refractivity contribution in [1.29, 1.82) is 0 Å². The van der Waals surface area contributed by atoms with E-state index in [0.29, 0.717) is 26.1 Å². The fraction of sp³-hybridized carbons (Fsp3) is 0.867. The van der Waals surface area contributed by atoms with E-state index >= 15 is 0 Å². The van der Waals surface area contributed by atoms with Crippen LogP contribution in [-0.2, 0) is 4.79 Å². The molecule has 0 aliphatic rings. The van der Waals surface area contributed by atoms with Crippen LogP contribution >= 0.6 is 0 Å². The van der Waals surface area contributed by atoms with Gasteiger partial charge in [-0.15, -0.1) is 0 Å². The van der Waals surface area contributed by atoms with Crippen LogP contribution in [0.1, 0.15) is 47.0 Å². The molecule has 0 aromatic heterocycles. The number of hydrogen-bond donors (Lipinski definition) is 3. The maximum atomic E-state index is 11.9. The molecule has 0 aliphatic carbocycles. The van der Waals surface area contributed by atoms with Gasteiger partial charge in [0.1, 0.15) is 0 Å². The summed E-state index contributed by atoms with van der Waals surface area (Å²) in [5.41, 5.74) is 0.00964. The number of nitrogens with one attached hydrogen (secondary N) is 1. The molecule has 124 valence electrons. The van der Waals surface area contributed by atoms with E-state index in [-0.39, 0.29) is 30.4 Å². The van der Waals surface area contributed by atoms with Gasteiger partial charge in [-0.05, 0) is 31.1 Å². The zero-order valence-corrected chi connectivity index (χ0v) is 13.7. The van der Waals surface area contributed by atoms with E-state index < -0.39 is 5.97 Å². The number of carboxylic acids is 1. The van der Waals surface area contributed by atoms with Crippen LogP contribution in [0.4, 0.5) is 4.79 Å². The van der Waals surface area contributed by atoms with Gasteiger partial charge in [0.05, 0.1) is 6.61 Å².